The van der Waals surface area contributed by atoms with Crippen molar-refractivity contribution in [3.05, 3.63) is 83.1 Å². The molecule has 0 N–H and O–H groups in total. The fourth-order valence-corrected chi connectivity index (χ4v) is 4.45. The van der Waals surface area contributed by atoms with E-state index in [1.54, 1.807) is 0 Å². The Morgan fingerprint density at radius 2 is 1.97 bits per heavy atom. The Hall–Kier alpha value is -3.16. The second kappa shape index (κ2) is 9.37. The minimum Gasteiger partial charge on any atom is -0.493 e. The fourth-order valence-electron chi connectivity index (χ4n) is 4.45. The van der Waals surface area contributed by atoms with Gasteiger partial charge in [0.05, 0.1) is 30.3 Å². The number of hydrogen-bond donors (Lipinski definition) is 0. The predicted octanol–water partition coefficient (Wildman–Crippen LogP) is 3.88. The molecular weight excluding hydrogens is 414 g/mol. The van der Waals surface area contributed by atoms with Crippen molar-refractivity contribution in [1.82, 2.24) is 24.1 Å². The zero-order valence-electron chi connectivity index (χ0n) is 19.6. The monoisotopic (exact) mass is 445 g/mol. The summed E-state index contributed by atoms with van der Waals surface area (Å²) >= 11 is 0. The molecule has 172 valence electrons. The topological polar surface area (TPSA) is 56.8 Å². The van der Waals surface area contributed by atoms with E-state index in [0.717, 1.165) is 54.5 Å². The third kappa shape index (κ3) is 4.79. The maximum Gasteiger partial charge on any atom is 0.137 e. The highest BCUT2D eigenvalue weighted by Gasteiger charge is 2.26. The molecule has 0 aliphatic carbocycles. The molecule has 1 aliphatic heterocycles. The zero-order chi connectivity index (χ0) is 22.8. The van der Waals surface area contributed by atoms with Gasteiger partial charge < -0.3 is 13.9 Å². The van der Waals surface area contributed by atoms with E-state index in [1.807, 2.05) is 42.1 Å². The molecule has 7 heteroatoms. The van der Waals surface area contributed by atoms with Gasteiger partial charge in [-0.15, -0.1) is 0 Å². The molecule has 33 heavy (non-hydrogen) atoms. The lowest BCUT2D eigenvalue weighted by molar-refractivity contribution is -0.0356. The quantitative estimate of drug-likeness (QED) is 0.432. The minimum atomic E-state index is -0.0320. The van der Waals surface area contributed by atoms with Gasteiger partial charge in [-0.1, -0.05) is 18.2 Å². The molecule has 0 spiro atoms. The number of nitrogens with zero attached hydrogens (tertiary/aromatic N) is 5. The summed E-state index contributed by atoms with van der Waals surface area (Å²) in [7, 11) is 1.99. The molecule has 1 fully saturated rings. The van der Waals surface area contributed by atoms with Crippen LogP contribution in [-0.2, 0) is 24.8 Å². The number of morpholine rings is 1. The van der Waals surface area contributed by atoms with Crippen molar-refractivity contribution < 1.29 is 9.47 Å². The number of pyridine rings is 1. The average Bonchev–Trinajstić information content (AvgIpc) is 3.33. The molecule has 5 rings (SSSR count). The second-order valence-corrected chi connectivity index (χ2v) is 8.77. The van der Waals surface area contributed by atoms with Crippen LogP contribution in [0, 0.1) is 13.8 Å². The van der Waals surface area contributed by atoms with Gasteiger partial charge in [-0.05, 0) is 49.7 Å². The summed E-state index contributed by atoms with van der Waals surface area (Å²) < 4.78 is 16.1. The first-order chi connectivity index (χ1) is 16.1. The molecule has 0 saturated carbocycles. The van der Waals surface area contributed by atoms with Crippen molar-refractivity contribution in [2.45, 2.75) is 32.9 Å². The summed E-state index contributed by atoms with van der Waals surface area (Å²) in [4.78, 5) is 7.20. The molecule has 0 bridgehead atoms. The third-order valence-electron chi connectivity index (χ3n) is 6.30. The molecule has 0 unspecified atom stereocenters. The molecule has 4 heterocycles. The first-order valence-electron chi connectivity index (χ1n) is 11.6. The molecule has 1 atom stereocenters. The van der Waals surface area contributed by atoms with E-state index in [2.05, 4.69) is 47.5 Å². The molecular formula is C26H31N5O2. The molecule has 1 aromatic carbocycles. The molecule has 7 nitrogen and oxygen atoms in total. The standard InChI is InChI=1S/C26H31N5O2/c1-19-9-11-31-24(20(2)27-26(31)15-19)17-30-12-14-33-25(18-30)23-16-21(29(3)28-23)10-13-32-22-7-5-4-6-8-22/h4-9,11,15-16,25H,10,12-14,17-18H2,1-3H3/t25-/m0/s1. The SMILES string of the molecule is Cc1ccn2c(CN3CCO[C@H](c4cc(CCOc5ccccc5)n(C)n4)C3)c(C)nc2c1. The van der Waals surface area contributed by atoms with E-state index in [4.69, 9.17) is 19.6 Å². The first-order valence-corrected chi connectivity index (χ1v) is 11.6. The van der Waals surface area contributed by atoms with Gasteiger partial charge >= 0.3 is 0 Å². The number of imidazole rings is 1. The van der Waals surface area contributed by atoms with Gasteiger partial charge in [-0.25, -0.2) is 4.98 Å². The number of para-hydroxylation sites is 1. The Kier molecular flexibility index (Phi) is 6.15. The Balaban J connectivity index is 1.24. The largest absolute Gasteiger partial charge is 0.493 e. The summed E-state index contributed by atoms with van der Waals surface area (Å²) in [5.41, 5.74) is 6.70. The number of fused-ring (bicyclic) bond motifs is 1. The fraction of sp³-hybridized carbons (Fsp3) is 0.385. The predicted molar refractivity (Wildman–Crippen MR) is 127 cm³/mol. The van der Waals surface area contributed by atoms with Crippen LogP contribution in [0.1, 0.15) is 34.4 Å². The lowest BCUT2D eigenvalue weighted by Gasteiger charge is -2.32. The molecule has 1 aliphatic rings. The van der Waals surface area contributed by atoms with Crippen molar-refractivity contribution >= 4 is 5.65 Å². The Bertz CT molecular complexity index is 1230. The van der Waals surface area contributed by atoms with E-state index in [9.17, 15) is 0 Å². The highest BCUT2D eigenvalue weighted by Crippen LogP contribution is 2.24. The minimum absolute atomic E-state index is 0.0320. The van der Waals surface area contributed by atoms with Gasteiger partial charge in [-0.2, -0.15) is 5.10 Å². The van der Waals surface area contributed by atoms with E-state index >= 15 is 0 Å². The normalized spacial score (nSPS) is 17.0. The summed E-state index contributed by atoms with van der Waals surface area (Å²) in [6, 6.07) is 16.3. The van der Waals surface area contributed by atoms with E-state index in [0.29, 0.717) is 13.2 Å². The van der Waals surface area contributed by atoms with Crippen LogP contribution in [0.2, 0.25) is 0 Å². The summed E-state index contributed by atoms with van der Waals surface area (Å²) in [5, 5.41) is 4.76. The van der Waals surface area contributed by atoms with E-state index in [1.165, 1.54) is 11.3 Å². The van der Waals surface area contributed by atoms with Crippen LogP contribution in [0.5, 0.6) is 5.75 Å². The van der Waals surface area contributed by atoms with Crippen molar-refractivity contribution in [3.63, 3.8) is 0 Å². The number of benzene rings is 1. The Labute approximate surface area is 194 Å². The maximum atomic E-state index is 6.12. The maximum absolute atomic E-state index is 6.12. The summed E-state index contributed by atoms with van der Waals surface area (Å²) in [6.07, 6.45) is 2.89. The smallest absolute Gasteiger partial charge is 0.137 e. The number of ether oxygens (including phenoxy) is 2. The van der Waals surface area contributed by atoms with Crippen molar-refractivity contribution in [1.29, 1.82) is 0 Å². The van der Waals surface area contributed by atoms with Crippen LogP contribution in [0.4, 0.5) is 0 Å². The van der Waals surface area contributed by atoms with Crippen molar-refractivity contribution in [3.8, 4) is 5.75 Å². The summed E-state index contributed by atoms with van der Waals surface area (Å²) in [5.74, 6) is 0.893. The second-order valence-electron chi connectivity index (χ2n) is 8.77. The van der Waals surface area contributed by atoms with Gasteiger partial charge in [0.25, 0.3) is 0 Å². The summed E-state index contributed by atoms with van der Waals surface area (Å²) in [6.45, 7) is 8.08. The zero-order valence-corrected chi connectivity index (χ0v) is 19.6. The number of aromatic nitrogens is 4. The number of rotatable bonds is 7. The number of aryl methyl sites for hydroxylation is 3. The molecule has 0 amide bonds. The van der Waals surface area contributed by atoms with Crippen LogP contribution < -0.4 is 4.74 Å². The van der Waals surface area contributed by atoms with Crippen LogP contribution in [0.3, 0.4) is 0 Å². The lowest BCUT2D eigenvalue weighted by atomic mass is 10.1. The van der Waals surface area contributed by atoms with Gasteiger partial charge in [0.15, 0.2) is 0 Å². The van der Waals surface area contributed by atoms with Crippen LogP contribution in [0.15, 0.2) is 54.7 Å². The third-order valence-corrected chi connectivity index (χ3v) is 6.30. The van der Waals surface area contributed by atoms with E-state index in [-0.39, 0.29) is 6.10 Å². The number of hydrogen-bond acceptors (Lipinski definition) is 5. The van der Waals surface area contributed by atoms with Crippen LogP contribution >= 0.6 is 0 Å². The van der Waals surface area contributed by atoms with Gasteiger partial charge in [0.1, 0.15) is 17.5 Å². The molecule has 1 saturated heterocycles. The Morgan fingerprint density at radius 3 is 2.82 bits per heavy atom. The lowest BCUT2D eigenvalue weighted by Crippen LogP contribution is -2.38. The van der Waals surface area contributed by atoms with Gasteiger partial charge in [0, 0.05) is 45.0 Å². The van der Waals surface area contributed by atoms with E-state index < -0.39 is 0 Å². The highest BCUT2D eigenvalue weighted by atomic mass is 16.5. The first kappa shape index (κ1) is 21.7. The van der Waals surface area contributed by atoms with Gasteiger partial charge in [-0.3, -0.25) is 9.58 Å². The van der Waals surface area contributed by atoms with Gasteiger partial charge in [0.2, 0.25) is 0 Å². The Morgan fingerprint density at radius 1 is 1.12 bits per heavy atom. The molecule has 3 aromatic heterocycles. The molecule has 4 aromatic rings. The average molecular weight is 446 g/mol. The highest BCUT2D eigenvalue weighted by molar-refractivity contribution is 5.45. The van der Waals surface area contributed by atoms with Crippen LogP contribution in [0.25, 0.3) is 5.65 Å². The van der Waals surface area contributed by atoms with Crippen molar-refractivity contribution in [2.75, 3.05) is 26.3 Å². The molecule has 0 radical (unpaired) electrons. The van der Waals surface area contributed by atoms with Crippen LogP contribution in [-0.4, -0.2) is 50.4 Å². The van der Waals surface area contributed by atoms with Crippen molar-refractivity contribution in [2.24, 2.45) is 7.05 Å².